The topological polar surface area (TPSA) is 55.1 Å². The highest BCUT2D eigenvalue weighted by Gasteiger charge is 2.21. The molecule has 1 aliphatic carbocycles. The molecule has 1 heterocycles. The van der Waals surface area contributed by atoms with Gasteiger partial charge in [-0.1, -0.05) is 0 Å². The lowest BCUT2D eigenvalue weighted by atomic mass is 10.2. The summed E-state index contributed by atoms with van der Waals surface area (Å²) in [4.78, 5) is 15.8. The van der Waals surface area contributed by atoms with Gasteiger partial charge in [-0.05, 0) is 43.0 Å². The number of aromatic nitrogens is 1. The van der Waals surface area contributed by atoms with Crippen molar-refractivity contribution in [2.24, 2.45) is 5.92 Å². The van der Waals surface area contributed by atoms with E-state index < -0.39 is 0 Å². The smallest absolute Gasteiger partial charge is 0.220 e. The van der Waals surface area contributed by atoms with Gasteiger partial charge in [0.2, 0.25) is 5.91 Å². The summed E-state index contributed by atoms with van der Waals surface area (Å²) < 4.78 is 18.4. The van der Waals surface area contributed by atoms with E-state index in [4.69, 9.17) is 4.42 Å². The first kappa shape index (κ1) is 13.8. The van der Waals surface area contributed by atoms with Gasteiger partial charge in [0.25, 0.3) is 0 Å². The normalized spacial score (nSPS) is 14.1. The Labute approximate surface area is 122 Å². The molecule has 1 amide bonds. The summed E-state index contributed by atoms with van der Waals surface area (Å²) in [7, 11) is 0. The molecule has 21 heavy (non-hydrogen) atoms. The summed E-state index contributed by atoms with van der Waals surface area (Å²) in [6, 6.07) is 6.04. The Morgan fingerprint density at radius 1 is 1.33 bits per heavy atom. The van der Waals surface area contributed by atoms with Crippen LogP contribution >= 0.6 is 0 Å². The lowest BCUT2D eigenvalue weighted by Crippen LogP contribution is -2.25. The highest BCUT2D eigenvalue weighted by molar-refractivity contribution is 5.76. The molecule has 1 N–H and O–H groups in total. The average Bonchev–Trinajstić information content (AvgIpc) is 3.20. The molecule has 1 fully saturated rings. The Morgan fingerprint density at radius 3 is 2.81 bits per heavy atom. The van der Waals surface area contributed by atoms with Crippen molar-refractivity contribution in [2.75, 3.05) is 6.54 Å². The van der Waals surface area contributed by atoms with Crippen LogP contribution in [-0.2, 0) is 11.2 Å². The molecular weight excluding hydrogens is 271 g/mol. The van der Waals surface area contributed by atoms with Crippen molar-refractivity contribution in [1.29, 1.82) is 0 Å². The van der Waals surface area contributed by atoms with Crippen LogP contribution in [0.25, 0.3) is 11.3 Å². The zero-order valence-electron chi connectivity index (χ0n) is 11.6. The fourth-order valence-electron chi connectivity index (χ4n) is 2.06. The third-order valence-electron chi connectivity index (χ3n) is 3.53. The molecule has 0 bridgehead atoms. The minimum atomic E-state index is -0.286. The zero-order valence-corrected chi connectivity index (χ0v) is 11.6. The predicted molar refractivity (Wildman–Crippen MR) is 76.0 cm³/mol. The molecule has 0 unspecified atom stereocenters. The third-order valence-corrected chi connectivity index (χ3v) is 3.53. The molecule has 5 heteroatoms. The van der Waals surface area contributed by atoms with E-state index in [1.54, 1.807) is 18.3 Å². The fraction of sp³-hybridized carbons (Fsp3) is 0.375. The Balaban J connectivity index is 1.52. The number of amides is 1. The maximum Gasteiger partial charge on any atom is 0.220 e. The van der Waals surface area contributed by atoms with Gasteiger partial charge >= 0.3 is 0 Å². The van der Waals surface area contributed by atoms with Crippen molar-refractivity contribution >= 4 is 5.91 Å². The van der Waals surface area contributed by atoms with Gasteiger partial charge in [-0.15, -0.1) is 0 Å². The number of hydrogen-bond donors (Lipinski definition) is 1. The molecule has 1 aromatic carbocycles. The number of nitrogens with zero attached hydrogens (tertiary/aromatic N) is 1. The highest BCUT2D eigenvalue weighted by atomic mass is 19.1. The molecule has 1 aromatic heterocycles. The second kappa shape index (κ2) is 6.08. The molecule has 0 aliphatic heterocycles. The minimum Gasteiger partial charge on any atom is -0.441 e. The molecule has 0 atom stereocenters. The molecule has 1 saturated carbocycles. The van der Waals surface area contributed by atoms with Crippen molar-refractivity contribution in [3.05, 3.63) is 42.2 Å². The summed E-state index contributed by atoms with van der Waals surface area (Å²) in [5.41, 5.74) is 0.772. The van der Waals surface area contributed by atoms with Crippen LogP contribution in [0.4, 0.5) is 4.39 Å². The maximum atomic E-state index is 12.9. The molecule has 3 rings (SSSR count). The third kappa shape index (κ3) is 3.90. The Bertz CT molecular complexity index is 617. The Hall–Kier alpha value is -2.17. The monoisotopic (exact) mass is 288 g/mol. The minimum absolute atomic E-state index is 0.0310. The summed E-state index contributed by atoms with van der Waals surface area (Å²) in [5.74, 6) is 1.54. The summed E-state index contributed by atoms with van der Waals surface area (Å²) in [5, 5.41) is 2.91. The first-order chi connectivity index (χ1) is 10.2. The number of nitrogens with one attached hydrogen (secondary N) is 1. The van der Waals surface area contributed by atoms with Crippen molar-refractivity contribution in [2.45, 2.75) is 25.7 Å². The van der Waals surface area contributed by atoms with Gasteiger partial charge in [0.05, 0.1) is 6.20 Å². The predicted octanol–water partition coefficient (Wildman–Crippen LogP) is 2.94. The average molecular weight is 288 g/mol. The number of aryl methyl sites for hydroxylation is 1. The second-order valence-corrected chi connectivity index (χ2v) is 5.37. The Kier molecular flexibility index (Phi) is 3.99. The van der Waals surface area contributed by atoms with E-state index in [2.05, 4.69) is 10.3 Å². The SMILES string of the molecule is O=C(CCc1ncc(-c2ccc(F)cc2)o1)NCC1CC1. The first-order valence-electron chi connectivity index (χ1n) is 7.18. The quantitative estimate of drug-likeness (QED) is 0.889. The van der Waals surface area contributed by atoms with E-state index in [1.165, 1.54) is 25.0 Å². The van der Waals surface area contributed by atoms with E-state index in [-0.39, 0.29) is 11.7 Å². The number of hydrogen-bond acceptors (Lipinski definition) is 3. The van der Waals surface area contributed by atoms with E-state index >= 15 is 0 Å². The largest absolute Gasteiger partial charge is 0.441 e. The lowest BCUT2D eigenvalue weighted by molar-refractivity contribution is -0.121. The summed E-state index contributed by atoms with van der Waals surface area (Å²) in [6.45, 7) is 0.783. The van der Waals surface area contributed by atoms with Gasteiger partial charge in [-0.3, -0.25) is 4.79 Å². The van der Waals surface area contributed by atoms with Gasteiger partial charge in [0.1, 0.15) is 5.82 Å². The number of carbonyl (C=O) groups excluding carboxylic acids is 1. The van der Waals surface area contributed by atoms with Gasteiger partial charge in [0.15, 0.2) is 11.7 Å². The van der Waals surface area contributed by atoms with Crippen molar-refractivity contribution < 1.29 is 13.6 Å². The van der Waals surface area contributed by atoms with Crippen LogP contribution in [0, 0.1) is 11.7 Å². The maximum absolute atomic E-state index is 12.9. The van der Waals surface area contributed by atoms with Crippen LogP contribution < -0.4 is 5.32 Å². The molecule has 4 nitrogen and oxygen atoms in total. The first-order valence-corrected chi connectivity index (χ1v) is 7.18. The lowest BCUT2D eigenvalue weighted by Gasteiger charge is -2.02. The van der Waals surface area contributed by atoms with Crippen LogP contribution in [0.2, 0.25) is 0 Å². The van der Waals surface area contributed by atoms with Crippen LogP contribution in [0.15, 0.2) is 34.9 Å². The second-order valence-electron chi connectivity index (χ2n) is 5.37. The van der Waals surface area contributed by atoms with E-state index in [0.29, 0.717) is 30.4 Å². The number of rotatable bonds is 6. The summed E-state index contributed by atoms with van der Waals surface area (Å²) >= 11 is 0. The number of halogens is 1. The molecule has 0 radical (unpaired) electrons. The van der Waals surface area contributed by atoms with Crippen LogP contribution in [0.1, 0.15) is 25.2 Å². The van der Waals surface area contributed by atoms with Gasteiger partial charge in [-0.25, -0.2) is 9.37 Å². The van der Waals surface area contributed by atoms with Crippen molar-refractivity contribution in [3.8, 4) is 11.3 Å². The fourth-order valence-corrected chi connectivity index (χ4v) is 2.06. The van der Waals surface area contributed by atoms with Crippen LogP contribution in [-0.4, -0.2) is 17.4 Å². The van der Waals surface area contributed by atoms with Crippen molar-refractivity contribution in [3.63, 3.8) is 0 Å². The van der Waals surface area contributed by atoms with E-state index in [1.807, 2.05) is 0 Å². The number of oxazole rings is 1. The molecule has 0 saturated heterocycles. The van der Waals surface area contributed by atoms with Gasteiger partial charge < -0.3 is 9.73 Å². The van der Waals surface area contributed by atoms with Crippen LogP contribution in [0.5, 0.6) is 0 Å². The van der Waals surface area contributed by atoms with Crippen molar-refractivity contribution in [1.82, 2.24) is 10.3 Å². The molecular formula is C16H17FN2O2. The highest BCUT2D eigenvalue weighted by Crippen LogP contribution is 2.27. The zero-order chi connectivity index (χ0) is 14.7. The van der Waals surface area contributed by atoms with E-state index in [9.17, 15) is 9.18 Å². The van der Waals surface area contributed by atoms with Gasteiger partial charge in [-0.2, -0.15) is 0 Å². The molecule has 1 aliphatic rings. The number of carbonyl (C=O) groups is 1. The van der Waals surface area contributed by atoms with E-state index in [0.717, 1.165) is 12.1 Å². The summed E-state index contributed by atoms with van der Waals surface area (Å²) in [6.07, 6.45) is 4.89. The standard InChI is InChI=1S/C16H17FN2O2/c17-13-5-3-12(4-6-13)14-10-19-16(21-14)8-7-15(20)18-9-11-1-2-11/h3-6,10-11H,1-2,7-9H2,(H,18,20). The van der Waals surface area contributed by atoms with Gasteiger partial charge in [0, 0.05) is 24.9 Å². The Morgan fingerprint density at radius 2 is 2.10 bits per heavy atom. The molecule has 110 valence electrons. The molecule has 0 spiro atoms. The molecule has 2 aromatic rings. The van der Waals surface area contributed by atoms with Crippen LogP contribution in [0.3, 0.4) is 0 Å². The number of benzene rings is 1.